The number of aromatic amines is 1. The van der Waals surface area contributed by atoms with Gasteiger partial charge in [0.05, 0.1) is 6.61 Å². The summed E-state index contributed by atoms with van der Waals surface area (Å²) in [5.41, 5.74) is -1.74. The molecule has 0 aromatic carbocycles. The maximum atomic E-state index is 11.8. The molecule has 0 spiro atoms. The molecule has 1 aliphatic rings. The number of aliphatic hydroxyl groups is 1. The number of aromatic nitrogens is 2. The lowest BCUT2D eigenvalue weighted by Gasteiger charge is -2.20. The molecule has 1 aromatic rings. The first-order valence-electron chi connectivity index (χ1n) is 6.46. The van der Waals surface area contributed by atoms with Gasteiger partial charge in [-0.15, -0.1) is 0 Å². The molecule has 2 unspecified atom stereocenters. The van der Waals surface area contributed by atoms with E-state index in [0.29, 0.717) is 4.57 Å². The molecule has 2 rings (SSSR count). The molecule has 1 fully saturated rings. The molecule has 0 aliphatic carbocycles. The van der Waals surface area contributed by atoms with Crippen LogP contribution in [0.3, 0.4) is 0 Å². The van der Waals surface area contributed by atoms with E-state index in [1.165, 1.54) is 0 Å². The van der Waals surface area contributed by atoms with Crippen molar-refractivity contribution in [2.45, 2.75) is 24.5 Å². The fourth-order valence-corrected chi connectivity index (χ4v) is 3.09. The Bertz CT molecular complexity index is 822. The zero-order valence-corrected chi connectivity index (χ0v) is 13.9. The number of phosphoric ester groups is 2. The minimum Gasteiger partial charge on any atom is -0.386 e. The van der Waals surface area contributed by atoms with Crippen LogP contribution >= 0.6 is 15.6 Å². The van der Waals surface area contributed by atoms with Gasteiger partial charge in [-0.1, -0.05) is 0 Å². The van der Waals surface area contributed by atoms with Crippen LogP contribution < -0.4 is 11.2 Å². The molecule has 14 nitrogen and oxygen atoms in total. The molecular formula is C9H14N2O12P2. The van der Waals surface area contributed by atoms with Crippen molar-refractivity contribution in [2.75, 3.05) is 6.61 Å². The topological polar surface area (TPSA) is 218 Å². The lowest BCUT2D eigenvalue weighted by atomic mass is 10.1. The van der Waals surface area contributed by atoms with Gasteiger partial charge in [0.1, 0.15) is 18.3 Å². The number of nitrogens with zero attached hydrogens (tertiary/aromatic N) is 1. The second-order valence-electron chi connectivity index (χ2n) is 4.92. The fraction of sp³-hybridized carbons (Fsp3) is 0.556. The Kier molecular flexibility index (Phi) is 5.81. The van der Waals surface area contributed by atoms with Crippen LogP contribution in [0, 0.1) is 0 Å². The molecule has 0 radical (unpaired) electrons. The van der Waals surface area contributed by atoms with Gasteiger partial charge in [-0.05, 0) is 0 Å². The van der Waals surface area contributed by atoms with Crippen molar-refractivity contribution < 1.29 is 47.6 Å². The summed E-state index contributed by atoms with van der Waals surface area (Å²) in [6, 6.07) is 0.926. The molecular weight excluding hydrogens is 390 g/mol. The third-order valence-electron chi connectivity index (χ3n) is 3.10. The van der Waals surface area contributed by atoms with Crippen LogP contribution in [0.2, 0.25) is 0 Å². The van der Waals surface area contributed by atoms with E-state index in [4.69, 9.17) is 24.3 Å². The van der Waals surface area contributed by atoms with Crippen molar-refractivity contribution in [3.05, 3.63) is 33.1 Å². The first kappa shape index (κ1) is 20.1. The van der Waals surface area contributed by atoms with E-state index in [1.54, 1.807) is 0 Å². The predicted molar refractivity (Wildman–Crippen MR) is 76.2 cm³/mol. The van der Waals surface area contributed by atoms with E-state index in [-0.39, 0.29) is 0 Å². The molecule has 25 heavy (non-hydrogen) atoms. The fourth-order valence-electron chi connectivity index (χ4n) is 2.17. The van der Waals surface area contributed by atoms with Crippen molar-refractivity contribution in [1.82, 2.24) is 9.55 Å². The number of hydrogen-bond donors (Lipinski definition) is 6. The SMILES string of the molecule is O=c1ccn([C@H]2O[C@@H](COP(=O)(O)O)C(OP(=O)(O)O)C2O)c(=O)[nH]1. The molecule has 4 atom stereocenters. The maximum absolute atomic E-state index is 11.8. The third-order valence-corrected chi connectivity index (χ3v) is 4.10. The number of aliphatic hydroxyl groups excluding tert-OH is 1. The maximum Gasteiger partial charge on any atom is 0.470 e. The van der Waals surface area contributed by atoms with Gasteiger partial charge in [-0.2, -0.15) is 0 Å². The minimum absolute atomic E-state index is 0.708. The second-order valence-corrected chi connectivity index (χ2v) is 7.35. The average Bonchev–Trinajstić information content (AvgIpc) is 2.72. The zero-order chi connectivity index (χ0) is 19.0. The van der Waals surface area contributed by atoms with E-state index >= 15 is 0 Å². The summed E-state index contributed by atoms with van der Waals surface area (Å²) in [6.45, 7) is -0.902. The second kappa shape index (κ2) is 7.21. The monoisotopic (exact) mass is 404 g/mol. The molecule has 6 N–H and O–H groups in total. The van der Waals surface area contributed by atoms with Gasteiger partial charge in [0, 0.05) is 12.3 Å². The first-order valence-corrected chi connectivity index (χ1v) is 9.52. The molecule has 0 bridgehead atoms. The number of hydrogen-bond acceptors (Lipinski definition) is 8. The van der Waals surface area contributed by atoms with Crippen molar-refractivity contribution in [1.29, 1.82) is 0 Å². The summed E-state index contributed by atoms with van der Waals surface area (Å²) in [7, 11) is -10.1. The Morgan fingerprint density at radius 2 is 1.84 bits per heavy atom. The zero-order valence-electron chi connectivity index (χ0n) is 12.1. The molecule has 142 valence electrons. The Hall–Kier alpha value is -1.18. The van der Waals surface area contributed by atoms with E-state index in [1.807, 2.05) is 4.98 Å². The standard InChI is InChI=1S/C9H14N2O12P2/c12-5-1-2-11(9(14)10-5)8-6(13)7(23-25(18,19)20)4(22-8)3-21-24(15,16)17/h1-2,4,6-8,13H,3H2,(H,10,12,14)(H2,15,16,17)(H2,18,19,20)/t4-,6?,7?,8-/m0/s1. The average molecular weight is 404 g/mol. The van der Waals surface area contributed by atoms with Gasteiger partial charge in [0.2, 0.25) is 0 Å². The largest absolute Gasteiger partial charge is 0.470 e. The molecule has 16 heteroatoms. The smallest absolute Gasteiger partial charge is 0.386 e. The molecule has 0 saturated carbocycles. The van der Waals surface area contributed by atoms with E-state index in [2.05, 4.69) is 9.05 Å². The van der Waals surface area contributed by atoms with Crippen molar-refractivity contribution >= 4 is 15.6 Å². The summed E-state index contributed by atoms with van der Waals surface area (Å²) in [6.07, 6.45) is -5.77. The van der Waals surface area contributed by atoms with Gasteiger partial charge in [-0.3, -0.25) is 23.4 Å². The van der Waals surface area contributed by atoms with Crippen LogP contribution in [0.5, 0.6) is 0 Å². The molecule has 1 aliphatic heterocycles. The lowest BCUT2D eigenvalue weighted by Crippen LogP contribution is -2.38. The van der Waals surface area contributed by atoms with Crippen LogP contribution in [0.1, 0.15) is 6.23 Å². The van der Waals surface area contributed by atoms with Crippen LogP contribution in [0.15, 0.2) is 21.9 Å². The number of H-pyrrole nitrogens is 1. The third kappa shape index (κ3) is 5.39. The summed E-state index contributed by atoms with van der Waals surface area (Å²) in [5, 5.41) is 10.2. The van der Waals surface area contributed by atoms with E-state index < -0.39 is 58.0 Å². The lowest BCUT2D eigenvalue weighted by molar-refractivity contribution is -0.0541. The van der Waals surface area contributed by atoms with Gasteiger partial charge < -0.3 is 29.4 Å². The van der Waals surface area contributed by atoms with Crippen molar-refractivity contribution in [2.24, 2.45) is 0 Å². The Balaban J connectivity index is 2.31. The highest BCUT2D eigenvalue weighted by Gasteiger charge is 2.49. The number of rotatable bonds is 6. The van der Waals surface area contributed by atoms with Crippen LogP contribution in [0.4, 0.5) is 0 Å². The number of nitrogens with one attached hydrogen (secondary N) is 1. The summed E-state index contributed by atoms with van der Waals surface area (Å²) < 4.78 is 36.3. The van der Waals surface area contributed by atoms with Crippen LogP contribution in [-0.4, -0.2) is 59.2 Å². The first-order chi connectivity index (χ1) is 11.4. The summed E-state index contributed by atoms with van der Waals surface area (Å²) in [4.78, 5) is 59.9. The summed E-state index contributed by atoms with van der Waals surface area (Å²) >= 11 is 0. The van der Waals surface area contributed by atoms with Crippen LogP contribution in [0.25, 0.3) is 0 Å². The molecule has 1 saturated heterocycles. The van der Waals surface area contributed by atoms with Gasteiger partial charge in [-0.25, -0.2) is 13.9 Å². The van der Waals surface area contributed by atoms with E-state index in [0.717, 1.165) is 12.3 Å². The molecule has 2 heterocycles. The Morgan fingerprint density at radius 3 is 2.36 bits per heavy atom. The summed E-state index contributed by atoms with van der Waals surface area (Å²) in [5.74, 6) is 0. The van der Waals surface area contributed by atoms with Gasteiger partial charge in [0.15, 0.2) is 6.23 Å². The highest BCUT2D eigenvalue weighted by molar-refractivity contribution is 7.46. The molecule has 1 aromatic heterocycles. The van der Waals surface area contributed by atoms with Crippen molar-refractivity contribution in [3.63, 3.8) is 0 Å². The highest BCUT2D eigenvalue weighted by Crippen LogP contribution is 2.45. The van der Waals surface area contributed by atoms with E-state index in [9.17, 15) is 23.8 Å². The Labute approximate surface area is 138 Å². The van der Waals surface area contributed by atoms with Gasteiger partial charge >= 0.3 is 21.3 Å². The quantitative estimate of drug-likeness (QED) is 0.269. The predicted octanol–water partition coefficient (Wildman–Crippen LogP) is -2.62. The Morgan fingerprint density at radius 1 is 1.20 bits per heavy atom. The highest BCUT2D eigenvalue weighted by atomic mass is 31.2. The normalized spacial score (nSPS) is 27.6. The number of ether oxygens (including phenoxy) is 1. The van der Waals surface area contributed by atoms with Crippen LogP contribution in [-0.2, 0) is 22.9 Å². The van der Waals surface area contributed by atoms with Crippen molar-refractivity contribution in [3.8, 4) is 0 Å². The minimum atomic E-state index is -5.13. The van der Waals surface area contributed by atoms with Gasteiger partial charge in [0.25, 0.3) is 5.56 Å². The number of phosphoric acid groups is 2. The molecule has 0 amide bonds.